The molecule has 18 heavy (non-hydrogen) atoms. The molecule has 0 radical (unpaired) electrons. The van der Waals surface area contributed by atoms with Crippen LogP contribution in [0.1, 0.15) is 13.3 Å². The first-order valence-corrected chi connectivity index (χ1v) is 5.83. The molecule has 2 unspecified atom stereocenters. The first-order valence-electron chi connectivity index (χ1n) is 5.39. The Morgan fingerprint density at radius 2 is 2.17 bits per heavy atom. The molecule has 0 aromatic carbocycles. The first kappa shape index (κ1) is 15.1. The Morgan fingerprint density at radius 1 is 1.61 bits per heavy atom. The Labute approximate surface area is 108 Å². The average molecular weight is 287 g/mol. The molecule has 4 nitrogen and oxygen atoms in total. The molecule has 1 fully saturated rings. The molecular formula is C10H14ClF3N2O2. The van der Waals surface area contributed by atoms with Crippen LogP contribution >= 0.6 is 11.6 Å². The number of halogens is 4. The van der Waals surface area contributed by atoms with Gasteiger partial charge in [0.25, 0.3) is 0 Å². The predicted octanol–water partition coefficient (Wildman–Crippen LogP) is 1.24. The zero-order valence-electron chi connectivity index (χ0n) is 10.00. The van der Waals surface area contributed by atoms with Crippen molar-refractivity contribution in [3.63, 3.8) is 0 Å². The van der Waals surface area contributed by atoms with Gasteiger partial charge in [-0.25, -0.2) is 0 Å². The predicted molar refractivity (Wildman–Crippen MR) is 59.1 cm³/mol. The Morgan fingerprint density at radius 3 is 2.61 bits per heavy atom. The van der Waals surface area contributed by atoms with Gasteiger partial charge in [-0.1, -0.05) is 0 Å². The minimum atomic E-state index is -4.42. The molecule has 1 saturated heterocycles. The third-order valence-electron chi connectivity index (χ3n) is 2.79. The van der Waals surface area contributed by atoms with E-state index >= 15 is 0 Å². The average Bonchev–Trinajstić information content (AvgIpc) is 2.56. The minimum absolute atomic E-state index is 0.00268. The van der Waals surface area contributed by atoms with Crippen molar-refractivity contribution in [1.82, 2.24) is 9.80 Å². The van der Waals surface area contributed by atoms with Crippen molar-refractivity contribution >= 4 is 23.4 Å². The highest BCUT2D eigenvalue weighted by Gasteiger charge is 2.42. The second-order valence-electron chi connectivity index (χ2n) is 4.24. The van der Waals surface area contributed by atoms with Gasteiger partial charge in [-0.2, -0.15) is 13.2 Å². The lowest BCUT2D eigenvalue weighted by Gasteiger charge is -2.25. The summed E-state index contributed by atoms with van der Waals surface area (Å²) in [6.45, 7) is 0.172. The van der Waals surface area contributed by atoms with Crippen molar-refractivity contribution in [3.8, 4) is 0 Å². The second-order valence-corrected chi connectivity index (χ2v) is 4.90. The van der Waals surface area contributed by atoms with E-state index in [9.17, 15) is 22.8 Å². The molecule has 0 N–H and O–H groups in total. The van der Waals surface area contributed by atoms with Crippen LogP contribution in [0, 0.1) is 0 Å². The van der Waals surface area contributed by atoms with E-state index < -0.39 is 36.0 Å². The highest BCUT2D eigenvalue weighted by molar-refractivity contribution is 6.30. The lowest BCUT2D eigenvalue weighted by atomic mass is 10.2. The van der Waals surface area contributed by atoms with Crippen molar-refractivity contribution in [2.75, 3.05) is 20.1 Å². The Kier molecular flexibility index (Phi) is 4.47. The third-order valence-corrected chi connectivity index (χ3v) is 2.98. The van der Waals surface area contributed by atoms with Gasteiger partial charge < -0.3 is 9.80 Å². The number of amides is 2. The van der Waals surface area contributed by atoms with Crippen LogP contribution in [0.2, 0.25) is 0 Å². The van der Waals surface area contributed by atoms with E-state index in [1.807, 2.05) is 0 Å². The number of alkyl halides is 4. The standard InChI is InChI=1S/C10H14ClF3N2O2/c1-6(11)8(17)15(2)7-3-4-16(9(7)18)5-10(12,13)14/h6-7H,3-5H2,1-2H3. The van der Waals surface area contributed by atoms with Crippen molar-refractivity contribution in [2.45, 2.75) is 30.9 Å². The quantitative estimate of drug-likeness (QED) is 0.732. The van der Waals surface area contributed by atoms with E-state index in [0.717, 1.165) is 4.90 Å². The van der Waals surface area contributed by atoms with Crippen molar-refractivity contribution in [2.24, 2.45) is 0 Å². The van der Waals surface area contributed by atoms with Crippen LogP contribution in [0.25, 0.3) is 0 Å². The van der Waals surface area contributed by atoms with E-state index in [0.29, 0.717) is 4.90 Å². The van der Waals surface area contributed by atoms with E-state index in [1.54, 1.807) is 0 Å². The minimum Gasteiger partial charge on any atom is -0.332 e. The molecule has 0 aromatic heterocycles. The lowest BCUT2D eigenvalue weighted by Crippen LogP contribution is -2.46. The summed E-state index contributed by atoms with van der Waals surface area (Å²) in [6.07, 6.45) is -4.23. The van der Waals surface area contributed by atoms with Gasteiger partial charge in [0, 0.05) is 13.6 Å². The van der Waals surface area contributed by atoms with Gasteiger partial charge in [-0.3, -0.25) is 9.59 Å². The molecule has 0 bridgehead atoms. The number of rotatable bonds is 3. The van der Waals surface area contributed by atoms with Gasteiger partial charge >= 0.3 is 6.18 Å². The van der Waals surface area contributed by atoms with Gasteiger partial charge in [0.15, 0.2) is 0 Å². The molecule has 0 saturated carbocycles. The highest BCUT2D eigenvalue weighted by Crippen LogP contribution is 2.23. The van der Waals surface area contributed by atoms with E-state index in [1.165, 1.54) is 14.0 Å². The van der Waals surface area contributed by atoms with Crippen LogP contribution in [0.5, 0.6) is 0 Å². The molecule has 2 amide bonds. The van der Waals surface area contributed by atoms with Crippen LogP contribution in [0.3, 0.4) is 0 Å². The summed E-state index contributed by atoms with van der Waals surface area (Å²) in [6, 6.07) is -0.846. The number of nitrogens with zero attached hydrogens (tertiary/aromatic N) is 2. The highest BCUT2D eigenvalue weighted by atomic mass is 35.5. The number of carbonyl (C=O) groups is 2. The van der Waals surface area contributed by atoms with Gasteiger partial charge in [0.1, 0.15) is 18.0 Å². The normalized spacial score (nSPS) is 22.2. The van der Waals surface area contributed by atoms with Crippen LogP contribution in [0.4, 0.5) is 13.2 Å². The topological polar surface area (TPSA) is 40.6 Å². The maximum atomic E-state index is 12.2. The van der Waals surface area contributed by atoms with E-state index in [2.05, 4.69) is 0 Å². The summed E-state index contributed by atoms with van der Waals surface area (Å²) in [5.41, 5.74) is 0. The van der Waals surface area contributed by atoms with Crippen molar-refractivity contribution < 1.29 is 22.8 Å². The summed E-state index contributed by atoms with van der Waals surface area (Å²) < 4.78 is 36.6. The summed E-state index contributed by atoms with van der Waals surface area (Å²) in [5, 5.41) is -0.806. The van der Waals surface area contributed by atoms with E-state index in [4.69, 9.17) is 11.6 Å². The summed E-state index contributed by atoms with van der Waals surface area (Å²) in [4.78, 5) is 25.1. The molecule has 1 rings (SSSR count). The molecule has 0 aromatic rings. The largest absolute Gasteiger partial charge is 0.406 e. The zero-order valence-corrected chi connectivity index (χ0v) is 10.8. The zero-order chi connectivity index (χ0) is 14.1. The summed E-state index contributed by atoms with van der Waals surface area (Å²) in [7, 11) is 1.38. The molecule has 104 valence electrons. The SMILES string of the molecule is CC(Cl)C(=O)N(C)C1CCN(CC(F)(F)F)C1=O. The fourth-order valence-corrected chi connectivity index (χ4v) is 2.04. The van der Waals surface area contributed by atoms with Crippen LogP contribution in [-0.2, 0) is 9.59 Å². The van der Waals surface area contributed by atoms with Gasteiger partial charge in [-0.05, 0) is 13.3 Å². The molecule has 0 aliphatic carbocycles. The molecule has 1 aliphatic heterocycles. The van der Waals surface area contributed by atoms with Crippen LogP contribution in [-0.4, -0.2) is 59.3 Å². The summed E-state index contributed by atoms with van der Waals surface area (Å²) in [5.74, 6) is -1.15. The number of hydrogen-bond donors (Lipinski definition) is 0. The Bertz CT molecular complexity index is 347. The Hall–Kier alpha value is -0.980. The van der Waals surface area contributed by atoms with Crippen LogP contribution in [0.15, 0.2) is 0 Å². The number of carbonyl (C=O) groups excluding carboxylic acids is 2. The second kappa shape index (κ2) is 5.34. The molecular weight excluding hydrogens is 273 g/mol. The maximum absolute atomic E-state index is 12.2. The molecule has 2 atom stereocenters. The van der Waals surface area contributed by atoms with Crippen LogP contribution < -0.4 is 0 Å². The molecule has 0 spiro atoms. The Balaban J connectivity index is 2.67. The number of likely N-dealkylation sites (N-methyl/N-ethyl adjacent to an activating group) is 1. The fourth-order valence-electron chi connectivity index (χ4n) is 1.89. The number of likely N-dealkylation sites (tertiary alicyclic amines) is 1. The van der Waals surface area contributed by atoms with Crippen molar-refractivity contribution in [1.29, 1.82) is 0 Å². The van der Waals surface area contributed by atoms with Gasteiger partial charge in [0.2, 0.25) is 11.8 Å². The molecule has 1 aliphatic rings. The molecule has 8 heteroatoms. The van der Waals surface area contributed by atoms with Crippen molar-refractivity contribution in [3.05, 3.63) is 0 Å². The van der Waals surface area contributed by atoms with E-state index in [-0.39, 0.29) is 13.0 Å². The summed E-state index contributed by atoms with van der Waals surface area (Å²) >= 11 is 5.60. The first-order chi connectivity index (χ1) is 8.13. The van der Waals surface area contributed by atoms with Gasteiger partial charge in [0.05, 0.1) is 0 Å². The maximum Gasteiger partial charge on any atom is 0.406 e. The monoisotopic (exact) mass is 286 g/mol. The van der Waals surface area contributed by atoms with Gasteiger partial charge in [-0.15, -0.1) is 11.6 Å². The lowest BCUT2D eigenvalue weighted by molar-refractivity contribution is -0.159. The third kappa shape index (κ3) is 3.51. The number of hydrogen-bond acceptors (Lipinski definition) is 2. The smallest absolute Gasteiger partial charge is 0.332 e. The molecule has 1 heterocycles. The fraction of sp³-hybridized carbons (Fsp3) is 0.800.